The molecule has 3 aromatic carbocycles. The molecule has 1 heterocycles. The van der Waals surface area contributed by atoms with Crippen molar-refractivity contribution >= 4 is 41.3 Å². The van der Waals surface area contributed by atoms with Crippen LogP contribution in [0.3, 0.4) is 0 Å². The summed E-state index contributed by atoms with van der Waals surface area (Å²) in [4.78, 5) is 60.5. The van der Waals surface area contributed by atoms with E-state index in [0.29, 0.717) is 4.90 Å². The molecule has 1 aliphatic rings. The Labute approximate surface area is 203 Å². The van der Waals surface area contributed by atoms with Gasteiger partial charge < -0.3 is 9.84 Å². The number of carboxylic acid groups (broad SMARTS) is 1. The van der Waals surface area contributed by atoms with E-state index in [1.165, 1.54) is 30.3 Å². The number of barbiturate groups is 1. The van der Waals surface area contributed by atoms with Crippen molar-refractivity contribution in [2.45, 2.75) is 6.61 Å². The average Bonchev–Trinajstić information content (AvgIpc) is 2.86. The second-order valence-electron chi connectivity index (χ2n) is 7.57. The number of ether oxygens (including phenoxy) is 1. The number of hydrogen-bond acceptors (Lipinski definition) is 7. The van der Waals surface area contributed by atoms with E-state index in [4.69, 9.17) is 4.74 Å². The topological polar surface area (TPSA) is 156 Å². The van der Waals surface area contributed by atoms with Gasteiger partial charge in [-0.15, -0.1) is 0 Å². The highest BCUT2D eigenvalue weighted by Crippen LogP contribution is 2.26. The summed E-state index contributed by atoms with van der Waals surface area (Å²) >= 11 is 0. The van der Waals surface area contributed by atoms with Crippen molar-refractivity contribution in [3.05, 3.63) is 105 Å². The Morgan fingerprint density at radius 2 is 1.72 bits per heavy atom. The van der Waals surface area contributed by atoms with Crippen LogP contribution in [-0.4, -0.2) is 33.8 Å². The van der Waals surface area contributed by atoms with Gasteiger partial charge in [0.2, 0.25) is 0 Å². The number of urea groups is 1. The van der Waals surface area contributed by atoms with E-state index in [9.17, 15) is 34.4 Å². The molecule has 36 heavy (non-hydrogen) atoms. The molecular weight excluding hydrogens is 470 g/mol. The lowest BCUT2D eigenvalue weighted by Gasteiger charge is -2.26. The lowest BCUT2D eigenvalue weighted by atomic mass is 10.0. The number of anilines is 1. The van der Waals surface area contributed by atoms with Gasteiger partial charge in [-0.05, 0) is 41.5 Å². The van der Waals surface area contributed by atoms with E-state index in [2.05, 4.69) is 0 Å². The number of benzene rings is 3. The highest BCUT2D eigenvalue weighted by atomic mass is 16.6. The number of nitro benzene ring substituents is 1. The minimum atomic E-state index is -1.28. The van der Waals surface area contributed by atoms with Gasteiger partial charge in [-0.25, -0.2) is 14.5 Å². The highest BCUT2D eigenvalue weighted by molar-refractivity contribution is 6.39. The van der Waals surface area contributed by atoms with Crippen LogP contribution in [0.5, 0.6) is 5.75 Å². The molecular formula is C25H17N3O8. The molecule has 0 bridgehead atoms. The third kappa shape index (κ3) is 4.94. The number of amides is 4. The van der Waals surface area contributed by atoms with Gasteiger partial charge in [0.15, 0.2) is 0 Å². The molecule has 3 aromatic rings. The summed E-state index contributed by atoms with van der Waals surface area (Å²) in [6.07, 6.45) is 1.15. The van der Waals surface area contributed by atoms with Crippen molar-refractivity contribution in [1.82, 2.24) is 5.32 Å². The SMILES string of the molecule is O=C1NC(=O)N(c2ccc([N+](=O)[O-])cc2)C(=O)/C1=C\c1ccc(OCc2ccccc2)c(C(=O)O)c1. The molecule has 4 amide bonds. The first-order valence-corrected chi connectivity index (χ1v) is 10.4. The zero-order valence-electron chi connectivity index (χ0n) is 18.4. The van der Waals surface area contributed by atoms with E-state index in [0.717, 1.165) is 23.8 Å². The van der Waals surface area contributed by atoms with E-state index >= 15 is 0 Å². The van der Waals surface area contributed by atoms with Gasteiger partial charge in [-0.2, -0.15) is 0 Å². The van der Waals surface area contributed by atoms with Crippen molar-refractivity contribution in [2.24, 2.45) is 0 Å². The first kappa shape index (κ1) is 23.8. The maximum atomic E-state index is 13.0. The smallest absolute Gasteiger partial charge is 0.339 e. The third-order valence-electron chi connectivity index (χ3n) is 5.20. The number of carbonyl (C=O) groups is 4. The Kier molecular flexibility index (Phi) is 6.55. The number of imide groups is 2. The lowest BCUT2D eigenvalue weighted by Crippen LogP contribution is -2.54. The summed E-state index contributed by atoms with van der Waals surface area (Å²) in [5, 5.41) is 22.5. The van der Waals surface area contributed by atoms with E-state index < -0.39 is 34.3 Å². The summed E-state index contributed by atoms with van der Waals surface area (Å²) in [6, 6.07) is 16.8. The molecule has 0 unspecified atom stereocenters. The lowest BCUT2D eigenvalue weighted by molar-refractivity contribution is -0.384. The van der Waals surface area contributed by atoms with Crippen molar-refractivity contribution in [1.29, 1.82) is 0 Å². The van der Waals surface area contributed by atoms with Gasteiger partial charge in [0, 0.05) is 12.1 Å². The zero-order chi connectivity index (χ0) is 25.8. The van der Waals surface area contributed by atoms with E-state index in [1.54, 1.807) is 0 Å². The van der Waals surface area contributed by atoms with Gasteiger partial charge in [0.1, 0.15) is 23.5 Å². The number of hydrogen-bond donors (Lipinski definition) is 2. The van der Waals surface area contributed by atoms with Gasteiger partial charge in [-0.3, -0.25) is 25.0 Å². The molecule has 0 spiro atoms. The van der Waals surface area contributed by atoms with Crippen LogP contribution in [0, 0.1) is 10.1 Å². The number of non-ortho nitro benzene ring substituents is 1. The predicted octanol–water partition coefficient (Wildman–Crippen LogP) is 3.54. The van der Waals surface area contributed by atoms with Crippen LogP contribution in [0.25, 0.3) is 6.08 Å². The Morgan fingerprint density at radius 1 is 1.03 bits per heavy atom. The van der Waals surface area contributed by atoms with Crippen LogP contribution in [-0.2, 0) is 16.2 Å². The Balaban J connectivity index is 1.63. The van der Waals surface area contributed by atoms with Crippen LogP contribution < -0.4 is 15.0 Å². The second-order valence-corrected chi connectivity index (χ2v) is 7.57. The van der Waals surface area contributed by atoms with Crippen molar-refractivity contribution < 1.29 is 33.9 Å². The van der Waals surface area contributed by atoms with Crippen LogP contribution in [0.4, 0.5) is 16.2 Å². The minimum absolute atomic E-state index is 0.0115. The first-order chi connectivity index (χ1) is 17.2. The predicted molar refractivity (Wildman–Crippen MR) is 126 cm³/mol. The molecule has 11 heteroatoms. The molecule has 0 radical (unpaired) electrons. The summed E-state index contributed by atoms with van der Waals surface area (Å²) < 4.78 is 5.64. The van der Waals surface area contributed by atoms with Crippen LogP contribution in [0.15, 0.2) is 78.4 Å². The minimum Gasteiger partial charge on any atom is -0.488 e. The zero-order valence-corrected chi connectivity index (χ0v) is 18.4. The number of carbonyl (C=O) groups excluding carboxylic acids is 3. The number of aromatic carboxylic acids is 1. The molecule has 0 aromatic heterocycles. The largest absolute Gasteiger partial charge is 0.488 e. The fourth-order valence-corrected chi connectivity index (χ4v) is 3.45. The maximum absolute atomic E-state index is 13.0. The molecule has 1 fully saturated rings. The molecule has 0 aliphatic carbocycles. The normalized spacial score (nSPS) is 14.5. The van der Waals surface area contributed by atoms with Crippen molar-refractivity contribution in [3.8, 4) is 5.75 Å². The molecule has 1 aliphatic heterocycles. The molecule has 11 nitrogen and oxygen atoms in total. The molecule has 1 saturated heterocycles. The summed E-state index contributed by atoms with van der Waals surface area (Å²) in [5.74, 6) is -3.13. The Morgan fingerprint density at radius 3 is 2.36 bits per heavy atom. The molecule has 0 saturated carbocycles. The average molecular weight is 487 g/mol. The second kappa shape index (κ2) is 9.89. The number of nitrogens with one attached hydrogen (secondary N) is 1. The van der Waals surface area contributed by atoms with E-state index in [1.807, 2.05) is 35.6 Å². The standard InChI is InChI=1S/C25H17N3O8/c29-22-20(23(30)27(25(33)26-22)17-7-9-18(10-8-17)28(34)35)13-16-6-11-21(19(12-16)24(31)32)36-14-15-4-2-1-3-5-15/h1-13H,14H2,(H,31,32)(H,26,29,33)/b20-13-. The number of nitro groups is 1. The van der Waals surface area contributed by atoms with Crippen LogP contribution in [0.1, 0.15) is 21.5 Å². The van der Waals surface area contributed by atoms with Crippen LogP contribution >= 0.6 is 0 Å². The van der Waals surface area contributed by atoms with Gasteiger partial charge in [0.05, 0.1) is 10.6 Å². The van der Waals surface area contributed by atoms with Gasteiger partial charge in [0.25, 0.3) is 17.5 Å². The first-order valence-electron chi connectivity index (χ1n) is 10.4. The van der Waals surface area contributed by atoms with E-state index in [-0.39, 0.29) is 34.9 Å². The number of rotatable bonds is 7. The molecule has 2 N–H and O–H groups in total. The maximum Gasteiger partial charge on any atom is 0.339 e. The highest BCUT2D eigenvalue weighted by Gasteiger charge is 2.37. The van der Waals surface area contributed by atoms with Crippen LogP contribution in [0.2, 0.25) is 0 Å². The summed E-state index contributed by atoms with van der Waals surface area (Å²) in [5.41, 5.74) is 0.189. The summed E-state index contributed by atoms with van der Waals surface area (Å²) in [6.45, 7) is 0.134. The quantitative estimate of drug-likeness (QED) is 0.222. The van der Waals surface area contributed by atoms with Crippen molar-refractivity contribution in [2.75, 3.05) is 4.90 Å². The van der Waals surface area contributed by atoms with Gasteiger partial charge in [-0.1, -0.05) is 36.4 Å². The summed E-state index contributed by atoms with van der Waals surface area (Å²) in [7, 11) is 0. The molecule has 180 valence electrons. The Bertz CT molecular complexity index is 1410. The number of nitrogens with zero attached hydrogens (tertiary/aromatic N) is 2. The molecule has 4 rings (SSSR count). The fraction of sp³-hybridized carbons (Fsp3) is 0.0400. The Hall–Kier alpha value is -5.32. The molecule has 0 atom stereocenters. The monoisotopic (exact) mass is 487 g/mol. The van der Waals surface area contributed by atoms with Gasteiger partial charge >= 0.3 is 12.0 Å². The van der Waals surface area contributed by atoms with Crippen molar-refractivity contribution in [3.63, 3.8) is 0 Å². The fourth-order valence-electron chi connectivity index (χ4n) is 3.45. The number of carboxylic acids is 1. The third-order valence-corrected chi connectivity index (χ3v) is 5.20.